The van der Waals surface area contributed by atoms with Crippen molar-refractivity contribution in [2.24, 2.45) is 0 Å². The maximum absolute atomic E-state index is 12.9. The van der Waals surface area contributed by atoms with E-state index in [9.17, 15) is 14.4 Å². The Hall–Kier alpha value is -3.93. The number of rotatable bonds is 62. The smallest absolute Gasteiger partial charge is 0.306 e. The molecule has 0 aromatic carbocycles. The molecule has 0 amide bonds. The third kappa shape index (κ3) is 66.8. The van der Waals surface area contributed by atoms with E-state index >= 15 is 0 Å². The maximum atomic E-state index is 12.9. The highest BCUT2D eigenvalue weighted by molar-refractivity contribution is 5.71. The van der Waals surface area contributed by atoms with Crippen LogP contribution in [0.15, 0.2) is 109 Å². The van der Waals surface area contributed by atoms with Gasteiger partial charge in [-0.25, -0.2) is 0 Å². The Morgan fingerprint density at radius 3 is 0.753 bits per heavy atom. The molecule has 0 aliphatic rings. The second-order valence-electron chi connectivity index (χ2n) is 22.7. The van der Waals surface area contributed by atoms with Crippen LogP contribution in [0, 0.1) is 0 Å². The van der Waals surface area contributed by atoms with Crippen molar-refractivity contribution in [3.63, 3.8) is 0 Å². The van der Waals surface area contributed by atoms with E-state index in [4.69, 9.17) is 14.2 Å². The minimum absolute atomic E-state index is 0.0865. The molecule has 0 aromatic rings. The van der Waals surface area contributed by atoms with Gasteiger partial charge in [0.15, 0.2) is 6.10 Å². The Kier molecular flexibility index (Phi) is 65.2. The number of allylic oxidation sites excluding steroid dienone is 18. The van der Waals surface area contributed by atoms with E-state index in [-0.39, 0.29) is 31.1 Å². The van der Waals surface area contributed by atoms with Gasteiger partial charge < -0.3 is 14.2 Å². The lowest BCUT2D eigenvalue weighted by atomic mass is 10.0. The van der Waals surface area contributed by atoms with Crippen molar-refractivity contribution in [1.29, 1.82) is 0 Å². The molecule has 0 bridgehead atoms. The molecule has 1 atom stereocenters. The molecule has 0 aliphatic carbocycles. The zero-order chi connectivity index (χ0) is 58.5. The van der Waals surface area contributed by atoms with Crippen molar-refractivity contribution < 1.29 is 28.6 Å². The molecule has 81 heavy (non-hydrogen) atoms. The summed E-state index contributed by atoms with van der Waals surface area (Å²) in [6.45, 7) is 6.42. The maximum Gasteiger partial charge on any atom is 0.306 e. The van der Waals surface area contributed by atoms with Crippen LogP contribution in [0.2, 0.25) is 0 Å². The van der Waals surface area contributed by atoms with Gasteiger partial charge in [-0.2, -0.15) is 0 Å². The normalized spacial score (nSPS) is 12.8. The molecule has 0 saturated carbocycles. The lowest BCUT2D eigenvalue weighted by Gasteiger charge is -2.18. The molecule has 6 nitrogen and oxygen atoms in total. The Labute approximate surface area is 501 Å². The first-order valence-electron chi connectivity index (χ1n) is 34.4. The Balaban J connectivity index is 4.33. The summed E-state index contributed by atoms with van der Waals surface area (Å²) in [4.78, 5) is 38.4. The van der Waals surface area contributed by atoms with E-state index in [2.05, 4.69) is 130 Å². The van der Waals surface area contributed by atoms with Crippen molar-refractivity contribution in [2.45, 2.75) is 335 Å². The van der Waals surface area contributed by atoms with E-state index in [0.717, 1.165) is 135 Å². The van der Waals surface area contributed by atoms with E-state index in [1.807, 2.05) is 0 Å². The molecule has 0 rings (SSSR count). The first-order valence-corrected chi connectivity index (χ1v) is 34.4. The summed E-state index contributed by atoms with van der Waals surface area (Å²) in [6, 6.07) is 0. The van der Waals surface area contributed by atoms with Gasteiger partial charge in [-0.3, -0.25) is 14.4 Å². The van der Waals surface area contributed by atoms with Crippen molar-refractivity contribution in [2.75, 3.05) is 13.2 Å². The predicted octanol–water partition coefficient (Wildman–Crippen LogP) is 23.8. The minimum atomic E-state index is -0.793. The van der Waals surface area contributed by atoms with Gasteiger partial charge in [0.1, 0.15) is 13.2 Å². The van der Waals surface area contributed by atoms with Crippen LogP contribution in [0.1, 0.15) is 329 Å². The monoisotopic (exact) mass is 1120 g/mol. The van der Waals surface area contributed by atoms with Crippen LogP contribution in [0.4, 0.5) is 0 Å². The standard InChI is InChI=1S/C75H128O6/c1-4-7-10-13-16-19-22-25-28-30-32-34-35-36-37-38-39-41-42-44-47-50-53-56-59-62-65-68-74(77)80-71-72(70-79-73(76)67-64-61-58-55-52-49-46-27-24-21-18-15-12-9-6-3)81-75(78)69-66-63-60-57-54-51-48-45-43-40-33-31-29-26-23-20-17-14-11-8-5-2/h8-9,11-12,17-18,20-22,25-27,29-30,32-33,40,46,72H,4-7,10,13-16,19,23-24,28,31,34-39,41-45,47-71H2,1-3H3/b11-8-,12-9-,20-17-,21-18-,25-22-,29-26-,32-30-,40-33-,46-27-. The Morgan fingerprint density at radius 1 is 0.259 bits per heavy atom. The topological polar surface area (TPSA) is 78.9 Å². The first-order chi connectivity index (χ1) is 40.0. The first kappa shape index (κ1) is 77.1. The molecule has 0 saturated heterocycles. The van der Waals surface area contributed by atoms with Crippen molar-refractivity contribution in [3.05, 3.63) is 109 Å². The van der Waals surface area contributed by atoms with Gasteiger partial charge in [0.05, 0.1) is 0 Å². The molecule has 0 radical (unpaired) electrons. The fourth-order valence-electron chi connectivity index (χ4n) is 9.66. The van der Waals surface area contributed by atoms with Crippen LogP contribution in [-0.2, 0) is 28.6 Å². The zero-order valence-electron chi connectivity index (χ0n) is 53.3. The van der Waals surface area contributed by atoms with Gasteiger partial charge in [-0.05, 0) is 122 Å². The number of carbonyl (C=O) groups is 3. The average molecular weight is 1130 g/mol. The van der Waals surface area contributed by atoms with E-state index in [1.165, 1.54) is 154 Å². The number of hydrogen-bond donors (Lipinski definition) is 0. The number of ether oxygens (including phenoxy) is 3. The second kappa shape index (κ2) is 68.6. The minimum Gasteiger partial charge on any atom is -0.462 e. The summed E-state index contributed by atoms with van der Waals surface area (Å²) < 4.78 is 17.0. The molecule has 0 fully saturated rings. The summed E-state index contributed by atoms with van der Waals surface area (Å²) in [5.74, 6) is -0.901. The van der Waals surface area contributed by atoms with E-state index in [0.29, 0.717) is 19.3 Å². The quantitative estimate of drug-likeness (QED) is 0.0261. The third-order valence-electron chi connectivity index (χ3n) is 14.7. The van der Waals surface area contributed by atoms with Crippen LogP contribution in [0.5, 0.6) is 0 Å². The lowest BCUT2D eigenvalue weighted by molar-refractivity contribution is -0.167. The zero-order valence-corrected chi connectivity index (χ0v) is 53.3. The number of hydrogen-bond acceptors (Lipinski definition) is 6. The third-order valence-corrected chi connectivity index (χ3v) is 14.7. The highest BCUT2D eigenvalue weighted by Gasteiger charge is 2.19. The van der Waals surface area contributed by atoms with Crippen LogP contribution < -0.4 is 0 Å². The fraction of sp³-hybridized carbons (Fsp3) is 0.720. The van der Waals surface area contributed by atoms with Crippen molar-refractivity contribution in [3.8, 4) is 0 Å². The van der Waals surface area contributed by atoms with Gasteiger partial charge in [0.2, 0.25) is 0 Å². The lowest BCUT2D eigenvalue weighted by Crippen LogP contribution is -2.30. The number of esters is 3. The Bertz CT molecular complexity index is 1620. The van der Waals surface area contributed by atoms with Crippen LogP contribution in [0.3, 0.4) is 0 Å². The van der Waals surface area contributed by atoms with Gasteiger partial charge in [-0.1, -0.05) is 297 Å². The largest absolute Gasteiger partial charge is 0.462 e. The van der Waals surface area contributed by atoms with Gasteiger partial charge in [0.25, 0.3) is 0 Å². The summed E-state index contributed by atoms with van der Waals surface area (Å²) in [5, 5.41) is 0. The summed E-state index contributed by atoms with van der Waals surface area (Å²) in [7, 11) is 0. The molecule has 1 unspecified atom stereocenters. The van der Waals surface area contributed by atoms with Crippen molar-refractivity contribution in [1.82, 2.24) is 0 Å². The van der Waals surface area contributed by atoms with Gasteiger partial charge in [0, 0.05) is 19.3 Å². The average Bonchev–Trinajstić information content (AvgIpc) is 3.47. The van der Waals surface area contributed by atoms with Gasteiger partial charge >= 0.3 is 17.9 Å². The molecule has 0 aliphatic heterocycles. The molecule has 0 spiro atoms. The highest BCUT2D eigenvalue weighted by atomic mass is 16.6. The molecule has 0 N–H and O–H groups in total. The molecule has 464 valence electrons. The summed E-state index contributed by atoms with van der Waals surface area (Å²) in [6.07, 6.45) is 93.9. The van der Waals surface area contributed by atoms with Gasteiger partial charge in [-0.15, -0.1) is 0 Å². The molecule has 6 heteroatoms. The SMILES string of the molecule is CC/C=C\C/C=C\C/C=C\C/C=C\CCCCCCCCCCC(=O)OC(COC(=O)CCCCCCC/C=C\C/C=C\C/C=C\CC)COC(=O)CCCCCCCCCCCCCCCCC/C=C\C/C=C\CCCCCCC. The van der Waals surface area contributed by atoms with E-state index < -0.39 is 6.10 Å². The summed E-state index contributed by atoms with van der Waals surface area (Å²) >= 11 is 0. The molecule has 0 aromatic heterocycles. The summed E-state index contributed by atoms with van der Waals surface area (Å²) in [5.41, 5.74) is 0. The predicted molar refractivity (Wildman–Crippen MR) is 353 cm³/mol. The van der Waals surface area contributed by atoms with E-state index in [1.54, 1.807) is 0 Å². The van der Waals surface area contributed by atoms with Crippen LogP contribution in [0.25, 0.3) is 0 Å². The molecular weight excluding hydrogens is 997 g/mol. The Morgan fingerprint density at radius 2 is 0.481 bits per heavy atom. The van der Waals surface area contributed by atoms with Crippen LogP contribution >= 0.6 is 0 Å². The highest BCUT2D eigenvalue weighted by Crippen LogP contribution is 2.17. The number of carbonyl (C=O) groups excluding carboxylic acids is 3. The van der Waals surface area contributed by atoms with Crippen molar-refractivity contribution >= 4 is 17.9 Å². The molecule has 0 heterocycles. The van der Waals surface area contributed by atoms with Crippen LogP contribution in [-0.4, -0.2) is 37.2 Å². The fourth-order valence-corrected chi connectivity index (χ4v) is 9.66. The number of unbranched alkanes of at least 4 members (excludes halogenated alkanes) is 33. The second-order valence-corrected chi connectivity index (χ2v) is 22.7. The molecular formula is C75H128O6.